The van der Waals surface area contributed by atoms with Crippen molar-refractivity contribution in [2.75, 3.05) is 27.4 Å². The van der Waals surface area contributed by atoms with E-state index in [1.807, 2.05) is 24.3 Å². The number of methoxy groups -OCH3 is 2. The first kappa shape index (κ1) is 24.8. The summed E-state index contributed by atoms with van der Waals surface area (Å²) in [6.07, 6.45) is 4.24. The molecule has 1 heterocycles. The SMILES string of the molecule is COc1cccc(-c2c(C)nn(CC3CCC(COCC(=O)O)CC3)c2-c2cccc(OC)c2)c1. The largest absolute Gasteiger partial charge is 0.497 e. The van der Waals surface area contributed by atoms with Gasteiger partial charge in [-0.3, -0.25) is 4.68 Å². The standard InChI is InChI=1S/C28H34N2O5/c1-19-27(22-6-4-8-24(14-22)33-2)28(23-7-5-9-25(15-23)34-3)30(29-19)16-20-10-12-21(13-11-20)17-35-18-26(31)32/h4-9,14-15,20-21H,10-13,16-18H2,1-3H3,(H,31,32). The first-order valence-electron chi connectivity index (χ1n) is 12.1. The van der Waals surface area contributed by atoms with Crippen LogP contribution in [0, 0.1) is 18.8 Å². The molecule has 7 nitrogen and oxygen atoms in total. The second kappa shape index (κ2) is 11.4. The Morgan fingerprint density at radius 2 is 1.57 bits per heavy atom. The number of aryl methyl sites for hydroxylation is 1. The number of carboxylic acids is 1. The smallest absolute Gasteiger partial charge is 0.329 e. The average molecular weight is 479 g/mol. The fraction of sp³-hybridized carbons (Fsp3) is 0.429. The van der Waals surface area contributed by atoms with E-state index < -0.39 is 5.97 Å². The Bertz CT molecular complexity index is 1150. The number of nitrogens with zero attached hydrogens (tertiary/aromatic N) is 2. The van der Waals surface area contributed by atoms with Crippen molar-refractivity contribution >= 4 is 5.97 Å². The van der Waals surface area contributed by atoms with Crippen LogP contribution >= 0.6 is 0 Å². The molecule has 0 unspecified atom stereocenters. The van der Waals surface area contributed by atoms with Gasteiger partial charge in [-0.15, -0.1) is 0 Å². The van der Waals surface area contributed by atoms with Crippen molar-refractivity contribution in [3.8, 4) is 33.9 Å². The van der Waals surface area contributed by atoms with Gasteiger partial charge in [-0.1, -0.05) is 24.3 Å². The molecule has 0 bridgehead atoms. The monoisotopic (exact) mass is 478 g/mol. The Labute approximate surface area is 206 Å². The molecule has 1 saturated carbocycles. The summed E-state index contributed by atoms with van der Waals surface area (Å²) in [6.45, 7) is 3.20. The number of aliphatic carboxylic acids is 1. The quantitative estimate of drug-likeness (QED) is 0.417. The van der Waals surface area contributed by atoms with Gasteiger partial charge in [0.1, 0.15) is 18.1 Å². The van der Waals surface area contributed by atoms with Crippen LogP contribution in [0.1, 0.15) is 31.4 Å². The predicted molar refractivity (Wildman–Crippen MR) is 135 cm³/mol. The number of benzene rings is 2. The molecule has 3 aromatic rings. The second-order valence-electron chi connectivity index (χ2n) is 9.25. The number of carbonyl (C=O) groups is 1. The topological polar surface area (TPSA) is 82.8 Å². The van der Waals surface area contributed by atoms with Crippen LogP contribution in [0.15, 0.2) is 48.5 Å². The van der Waals surface area contributed by atoms with Crippen LogP contribution in [0.2, 0.25) is 0 Å². The van der Waals surface area contributed by atoms with Crippen LogP contribution in [0.4, 0.5) is 0 Å². The molecule has 186 valence electrons. The number of hydrogen-bond donors (Lipinski definition) is 1. The Morgan fingerprint density at radius 3 is 2.20 bits per heavy atom. The van der Waals surface area contributed by atoms with Gasteiger partial charge in [0, 0.05) is 17.7 Å². The molecule has 0 amide bonds. The lowest BCUT2D eigenvalue weighted by Gasteiger charge is -2.28. The molecular weight excluding hydrogens is 444 g/mol. The molecule has 1 fully saturated rings. The first-order valence-corrected chi connectivity index (χ1v) is 12.1. The molecule has 0 aliphatic heterocycles. The summed E-state index contributed by atoms with van der Waals surface area (Å²) < 4.78 is 18.5. The minimum absolute atomic E-state index is 0.219. The third kappa shape index (κ3) is 6.03. The van der Waals surface area contributed by atoms with Crippen LogP contribution in [0.5, 0.6) is 11.5 Å². The summed E-state index contributed by atoms with van der Waals surface area (Å²) in [5, 5.41) is 13.8. The molecule has 0 spiro atoms. The van der Waals surface area contributed by atoms with Crippen molar-refractivity contribution in [3.63, 3.8) is 0 Å². The number of carboxylic acid groups (broad SMARTS) is 1. The van der Waals surface area contributed by atoms with Gasteiger partial charge in [-0.2, -0.15) is 5.10 Å². The molecular formula is C28H34N2O5. The summed E-state index contributed by atoms with van der Waals surface area (Å²) in [4.78, 5) is 10.7. The number of ether oxygens (including phenoxy) is 3. The molecule has 1 N–H and O–H groups in total. The Kier molecular flexibility index (Phi) is 8.08. The number of aromatic nitrogens is 2. The lowest BCUT2D eigenvalue weighted by atomic mass is 9.82. The highest BCUT2D eigenvalue weighted by Crippen LogP contribution is 2.39. The molecule has 1 aromatic heterocycles. The maximum Gasteiger partial charge on any atom is 0.329 e. The van der Waals surface area contributed by atoms with Gasteiger partial charge >= 0.3 is 5.97 Å². The highest BCUT2D eigenvalue weighted by molar-refractivity contribution is 5.84. The summed E-state index contributed by atoms with van der Waals surface area (Å²) >= 11 is 0. The molecule has 2 aromatic carbocycles. The average Bonchev–Trinajstić information content (AvgIpc) is 3.20. The highest BCUT2D eigenvalue weighted by atomic mass is 16.5. The fourth-order valence-corrected chi connectivity index (χ4v) is 5.04. The molecule has 1 aliphatic rings. The van der Waals surface area contributed by atoms with E-state index in [2.05, 4.69) is 35.9 Å². The van der Waals surface area contributed by atoms with E-state index in [1.54, 1.807) is 14.2 Å². The van der Waals surface area contributed by atoms with E-state index in [9.17, 15) is 4.79 Å². The zero-order valence-corrected chi connectivity index (χ0v) is 20.7. The zero-order valence-electron chi connectivity index (χ0n) is 20.7. The van der Waals surface area contributed by atoms with E-state index >= 15 is 0 Å². The molecule has 0 radical (unpaired) electrons. The van der Waals surface area contributed by atoms with Crippen LogP contribution < -0.4 is 9.47 Å². The summed E-state index contributed by atoms with van der Waals surface area (Å²) in [6, 6.07) is 16.3. The minimum atomic E-state index is -0.912. The van der Waals surface area contributed by atoms with Crippen molar-refractivity contribution in [2.24, 2.45) is 11.8 Å². The van der Waals surface area contributed by atoms with Gasteiger partial charge in [0.15, 0.2) is 0 Å². The van der Waals surface area contributed by atoms with Crippen LogP contribution in [0.25, 0.3) is 22.4 Å². The second-order valence-corrected chi connectivity index (χ2v) is 9.25. The van der Waals surface area contributed by atoms with Crippen LogP contribution in [-0.4, -0.2) is 48.3 Å². The molecule has 4 rings (SSSR count). The Hall–Kier alpha value is -3.32. The molecule has 1 aliphatic carbocycles. The predicted octanol–water partition coefficient (Wildman–Crippen LogP) is 5.45. The zero-order chi connectivity index (χ0) is 24.8. The summed E-state index contributed by atoms with van der Waals surface area (Å²) in [5.74, 6) is 1.65. The molecule has 35 heavy (non-hydrogen) atoms. The lowest BCUT2D eigenvalue weighted by Crippen LogP contribution is -2.23. The minimum Gasteiger partial charge on any atom is -0.497 e. The van der Waals surface area contributed by atoms with E-state index in [-0.39, 0.29) is 6.61 Å². The van der Waals surface area contributed by atoms with Crippen molar-refractivity contribution in [1.29, 1.82) is 0 Å². The van der Waals surface area contributed by atoms with Gasteiger partial charge in [0.25, 0.3) is 0 Å². The maximum absolute atomic E-state index is 10.7. The van der Waals surface area contributed by atoms with Gasteiger partial charge in [-0.25, -0.2) is 4.79 Å². The van der Waals surface area contributed by atoms with E-state index in [1.165, 1.54) is 0 Å². The van der Waals surface area contributed by atoms with Gasteiger partial charge in [0.2, 0.25) is 0 Å². The summed E-state index contributed by atoms with van der Waals surface area (Å²) in [7, 11) is 3.37. The van der Waals surface area contributed by atoms with Crippen molar-refractivity contribution in [1.82, 2.24) is 9.78 Å². The maximum atomic E-state index is 10.7. The van der Waals surface area contributed by atoms with Crippen molar-refractivity contribution < 1.29 is 24.1 Å². The first-order chi connectivity index (χ1) is 17.0. The summed E-state index contributed by atoms with van der Waals surface area (Å²) in [5.41, 5.74) is 5.31. The Balaban J connectivity index is 1.61. The van der Waals surface area contributed by atoms with Crippen molar-refractivity contribution in [3.05, 3.63) is 54.2 Å². The molecule has 0 atom stereocenters. The van der Waals surface area contributed by atoms with Gasteiger partial charge < -0.3 is 19.3 Å². The van der Waals surface area contributed by atoms with Gasteiger partial charge in [-0.05, 0) is 74.3 Å². The fourth-order valence-electron chi connectivity index (χ4n) is 5.04. The normalized spacial score (nSPS) is 17.8. The Morgan fingerprint density at radius 1 is 0.971 bits per heavy atom. The number of hydrogen-bond acceptors (Lipinski definition) is 5. The number of rotatable bonds is 10. The van der Waals surface area contributed by atoms with E-state index in [4.69, 9.17) is 24.4 Å². The van der Waals surface area contributed by atoms with Crippen molar-refractivity contribution in [2.45, 2.75) is 39.2 Å². The molecule has 7 heteroatoms. The third-order valence-electron chi connectivity index (χ3n) is 6.81. The molecule has 0 saturated heterocycles. The lowest BCUT2D eigenvalue weighted by molar-refractivity contribution is -0.142. The van der Waals surface area contributed by atoms with Gasteiger partial charge in [0.05, 0.1) is 32.2 Å². The van der Waals surface area contributed by atoms with E-state index in [0.717, 1.165) is 71.8 Å². The van der Waals surface area contributed by atoms with Crippen LogP contribution in [0.3, 0.4) is 0 Å². The highest BCUT2D eigenvalue weighted by Gasteiger charge is 2.25. The van der Waals surface area contributed by atoms with Crippen LogP contribution in [-0.2, 0) is 16.1 Å². The van der Waals surface area contributed by atoms with E-state index in [0.29, 0.717) is 18.4 Å². The third-order valence-corrected chi connectivity index (χ3v) is 6.81.